The first-order valence-electron chi connectivity index (χ1n) is 6.79. The predicted molar refractivity (Wildman–Crippen MR) is 75.8 cm³/mol. The van der Waals surface area contributed by atoms with Crippen LogP contribution in [0.4, 0.5) is 4.39 Å². The molecule has 0 radical (unpaired) electrons. The van der Waals surface area contributed by atoms with Crippen LogP contribution in [0.5, 0.6) is 5.75 Å². The van der Waals surface area contributed by atoms with Gasteiger partial charge in [0.15, 0.2) is 11.9 Å². The van der Waals surface area contributed by atoms with Crippen LogP contribution in [-0.4, -0.2) is 22.8 Å². The third kappa shape index (κ3) is 2.95. The number of fused-ring (bicyclic) bond motifs is 1. The summed E-state index contributed by atoms with van der Waals surface area (Å²) in [4.78, 5) is 28.1. The minimum absolute atomic E-state index is 0.102. The van der Waals surface area contributed by atoms with Gasteiger partial charge in [-0.2, -0.15) is 0 Å². The fourth-order valence-electron chi connectivity index (χ4n) is 2.25. The van der Waals surface area contributed by atoms with Crippen molar-refractivity contribution in [1.29, 1.82) is 0 Å². The number of amides is 1. The van der Waals surface area contributed by atoms with Gasteiger partial charge in [-0.15, -0.1) is 0 Å². The molecule has 3 rings (SSSR count). The van der Waals surface area contributed by atoms with Crippen LogP contribution < -0.4 is 10.1 Å². The average molecular weight is 300 g/mol. The molecule has 1 aromatic heterocycles. The largest absolute Gasteiger partial charge is 0.479 e. The second-order valence-corrected chi connectivity index (χ2v) is 4.95. The number of aromatic nitrogens is 1. The van der Waals surface area contributed by atoms with Crippen LogP contribution in [0.2, 0.25) is 0 Å². The number of hydrogen-bond acceptors (Lipinski definition) is 4. The van der Waals surface area contributed by atoms with E-state index < -0.39 is 11.9 Å². The average Bonchev–Trinajstić information content (AvgIpc) is 2.54. The molecule has 0 saturated carbocycles. The van der Waals surface area contributed by atoms with Crippen LogP contribution in [0.3, 0.4) is 0 Å². The number of benzene rings is 1. The molecule has 0 saturated heterocycles. The van der Waals surface area contributed by atoms with Crippen molar-refractivity contribution in [3.8, 4) is 5.75 Å². The third-order valence-electron chi connectivity index (χ3n) is 3.36. The van der Waals surface area contributed by atoms with Crippen LogP contribution in [0.25, 0.3) is 0 Å². The molecule has 1 aliphatic rings. The minimum Gasteiger partial charge on any atom is -0.479 e. The first-order valence-corrected chi connectivity index (χ1v) is 6.79. The maximum atomic E-state index is 13.1. The van der Waals surface area contributed by atoms with Crippen LogP contribution in [0.1, 0.15) is 22.3 Å². The van der Waals surface area contributed by atoms with Gasteiger partial charge in [0, 0.05) is 18.9 Å². The number of rotatable bonds is 3. The highest BCUT2D eigenvalue weighted by Gasteiger charge is 2.31. The molecule has 2 aromatic rings. The van der Waals surface area contributed by atoms with E-state index in [4.69, 9.17) is 4.74 Å². The van der Waals surface area contributed by atoms with Gasteiger partial charge in [-0.25, -0.2) is 4.39 Å². The third-order valence-corrected chi connectivity index (χ3v) is 3.36. The summed E-state index contributed by atoms with van der Waals surface area (Å²) in [5.74, 6) is -0.955. The van der Waals surface area contributed by atoms with Crippen molar-refractivity contribution in [2.45, 2.75) is 19.1 Å². The topological polar surface area (TPSA) is 68.3 Å². The van der Waals surface area contributed by atoms with E-state index in [1.54, 1.807) is 18.5 Å². The first kappa shape index (κ1) is 14.2. The SMILES string of the molecule is O=C1CC(C(=O)NCc2cccnc2)Oc2ccc(F)cc21. The summed E-state index contributed by atoms with van der Waals surface area (Å²) in [6.07, 6.45) is 2.28. The number of nitrogens with one attached hydrogen (secondary N) is 1. The van der Waals surface area contributed by atoms with Gasteiger partial charge in [0.2, 0.25) is 0 Å². The summed E-state index contributed by atoms with van der Waals surface area (Å²) in [6.45, 7) is 0.303. The van der Waals surface area contributed by atoms with E-state index in [1.807, 2.05) is 6.07 Å². The van der Waals surface area contributed by atoms with E-state index in [-0.39, 0.29) is 29.4 Å². The van der Waals surface area contributed by atoms with Gasteiger partial charge < -0.3 is 10.1 Å². The Morgan fingerprint density at radius 3 is 3.05 bits per heavy atom. The number of ketones is 1. The van der Waals surface area contributed by atoms with E-state index >= 15 is 0 Å². The Labute approximate surface area is 126 Å². The van der Waals surface area contributed by atoms with E-state index in [9.17, 15) is 14.0 Å². The molecule has 1 amide bonds. The summed E-state index contributed by atoms with van der Waals surface area (Å²) in [5, 5.41) is 2.70. The zero-order chi connectivity index (χ0) is 15.5. The van der Waals surface area contributed by atoms with Crippen LogP contribution in [-0.2, 0) is 11.3 Å². The maximum absolute atomic E-state index is 13.1. The van der Waals surface area contributed by atoms with Gasteiger partial charge >= 0.3 is 0 Å². The monoisotopic (exact) mass is 300 g/mol. The van der Waals surface area contributed by atoms with Gasteiger partial charge in [-0.1, -0.05) is 6.07 Å². The molecule has 2 heterocycles. The standard InChI is InChI=1S/C16H13FN2O3/c17-11-3-4-14-12(6-11)13(20)7-15(22-14)16(21)19-9-10-2-1-5-18-8-10/h1-6,8,15H,7,9H2,(H,19,21). The van der Waals surface area contributed by atoms with Crippen molar-refractivity contribution in [3.05, 3.63) is 59.7 Å². The highest BCUT2D eigenvalue weighted by atomic mass is 19.1. The van der Waals surface area contributed by atoms with Crippen molar-refractivity contribution in [1.82, 2.24) is 10.3 Å². The van der Waals surface area contributed by atoms with Crippen molar-refractivity contribution in [2.75, 3.05) is 0 Å². The highest BCUT2D eigenvalue weighted by molar-refractivity contribution is 6.03. The van der Waals surface area contributed by atoms with Crippen LogP contribution in [0, 0.1) is 5.82 Å². The summed E-state index contributed by atoms with van der Waals surface area (Å²) in [6, 6.07) is 7.29. The lowest BCUT2D eigenvalue weighted by atomic mass is 10.00. The maximum Gasteiger partial charge on any atom is 0.261 e. The number of ether oxygens (including phenoxy) is 1. The van der Waals surface area contributed by atoms with Crippen LogP contribution in [0.15, 0.2) is 42.7 Å². The number of carbonyl (C=O) groups is 2. The molecule has 1 unspecified atom stereocenters. The lowest BCUT2D eigenvalue weighted by Gasteiger charge is -2.24. The normalized spacial score (nSPS) is 16.6. The number of nitrogens with zero attached hydrogens (tertiary/aromatic N) is 1. The van der Waals surface area contributed by atoms with Gasteiger partial charge in [0.1, 0.15) is 11.6 Å². The van der Waals surface area contributed by atoms with E-state index in [1.165, 1.54) is 12.1 Å². The summed E-state index contributed by atoms with van der Waals surface area (Å²) in [7, 11) is 0. The number of pyridine rings is 1. The smallest absolute Gasteiger partial charge is 0.261 e. The molecule has 1 N–H and O–H groups in total. The Morgan fingerprint density at radius 2 is 2.27 bits per heavy atom. The summed E-state index contributed by atoms with van der Waals surface area (Å²) < 4.78 is 18.6. The Hall–Kier alpha value is -2.76. The first-order chi connectivity index (χ1) is 10.6. The molecule has 1 atom stereocenters. The molecule has 22 heavy (non-hydrogen) atoms. The molecule has 0 fully saturated rings. The minimum atomic E-state index is -0.901. The second-order valence-electron chi connectivity index (χ2n) is 4.95. The molecule has 0 bridgehead atoms. The highest BCUT2D eigenvalue weighted by Crippen LogP contribution is 2.28. The Morgan fingerprint density at radius 1 is 1.41 bits per heavy atom. The summed E-state index contributed by atoms with van der Waals surface area (Å²) in [5.41, 5.74) is 1.02. The van der Waals surface area contributed by atoms with Gasteiger partial charge in [0.25, 0.3) is 5.91 Å². The van der Waals surface area contributed by atoms with E-state index in [0.29, 0.717) is 6.54 Å². The Balaban J connectivity index is 1.67. The number of hydrogen-bond donors (Lipinski definition) is 1. The molecular formula is C16H13FN2O3. The van der Waals surface area contributed by atoms with Gasteiger partial charge in [0.05, 0.1) is 12.0 Å². The molecule has 1 aromatic carbocycles. The van der Waals surface area contributed by atoms with Crippen LogP contribution >= 0.6 is 0 Å². The van der Waals surface area contributed by atoms with E-state index in [0.717, 1.165) is 11.6 Å². The predicted octanol–water partition coefficient (Wildman–Crippen LogP) is 1.87. The molecule has 0 spiro atoms. The quantitative estimate of drug-likeness (QED) is 0.939. The molecule has 0 aliphatic carbocycles. The Bertz CT molecular complexity index is 719. The number of carbonyl (C=O) groups excluding carboxylic acids is 2. The molecule has 112 valence electrons. The second kappa shape index (κ2) is 5.93. The number of halogens is 1. The van der Waals surface area contributed by atoms with Crippen molar-refractivity contribution in [2.24, 2.45) is 0 Å². The number of Topliss-reactive ketones (excluding diaryl/α,β-unsaturated/α-hetero) is 1. The summed E-state index contributed by atoms with van der Waals surface area (Å²) >= 11 is 0. The fourth-order valence-corrected chi connectivity index (χ4v) is 2.25. The Kier molecular flexibility index (Phi) is 3.82. The molecule has 1 aliphatic heterocycles. The lowest BCUT2D eigenvalue weighted by molar-refractivity contribution is -0.128. The zero-order valence-corrected chi connectivity index (χ0v) is 11.6. The van der Waals surface area contributed by atoms with Gasteiger partial charge in [-0.3, -0.25) is 14.6 Å². The molecule has 5 nitrogen and oxygen atoms in total. The zero-order valence-electron chi connectivity index (χ0n) is 11.6. The van der Waals surface area contributed by atoms with Crippen molar-refractivity contribution >= 4 is 11.7 Å². The molecule has 6 heteroatoms. The van der Waals surface area contributed by atoms with Crippen molar-refractivity contribution in [3.63, 3.8) is 0 Å². The molecular weight excluding hydrogens is 287 g/mol. The van der Waals surface area contributed by atoms with Crippen molar-refractivity contribution < 1.29 is 18.7 Å². The fraction of sp³-hybridized carbons (Fsp3) is 0.188. The van der Waals surface area contributed by atoms with E-state index in [2.05, 4.69) is 10.3 Å². The van der Waals surface area contributed by atoms with Gasteiger partial charge in [-0.05, 0) is 29.8 Å². The lowest BCUT2D eigenvalue weighted by Crippen LogP contribution is -2.41.